The number of hydrogen-bond acceptors (Lipinski definition) is 3. The van der Waals surface area contributed by atoms with Crippen molar-refractivity contribution >= 4 is 17.6 Å². The highest BCUT2D eigenvalue weighted by molar-refractivity contribution is 5.89. The molecule has 19 heavy (non-hydrogen) atoms. The molecule has 0 radical (unpaired) electrons. The van der Waals surface area contributed by atoms with Crippen LogP contribution in [0.25, 0.3) is 0 Å². The fourth-order valence-corrected chi connectivity index (χ4v) is 1.17. The highest BCUT2D eigenvalue weighted by Gasteiger charge is 2.07. The molecule has 104 valence electrons. The van der Waals surface area contributed by atoms with E-state index in [0.29, 0.717) is 11.4 Å². The van der Waals surface area contributed by atoms with Gasteiger partial charge >= 0.3 is 6.03 Å². The van der Waals surface area contributed by atoms with E-state index in [9.17, 15) is 9.59 Å². The molecule has 1 rings (SSSR count). The summed E-state index contributed by atoms with van der Waals surface area (Å²) in [7, 11) is 6.65. The highest BCUT2D eigenvalue weighted by atomic mass is 16.5. The van der Waals surface area contributed by atoms with Crippen molar-refractivity contribution in [2.45, 2.75) is 0 Å². The lowest BCUT2D eigenvalue weighted by Crippen LogP contribution is -2.28. The topological polar surface area (TPSA) is 61.9 Å². The van der Waals surface area contributed by atoms with Crippen LogP contribution in [-0.4, -0.2) is 56.5 Å². The Morgan fingerprint density at radius 3 is 2.42 bits per heavy atom. The lowest BCUT2D eigenvalue weighted by molar-refractivity contribution is -0.130. The van der Waals surface area contributed by atoms with E-state index in [4.69, 9.17) is 4.74 Å². The molecule has 3 amide bonds. The van der Waals surface area contributed by atoms with E-state index in [0.717, 1.165) is 0 Å². The number of ether oxygens (including phenoxy) is 1. The Hall–Kier alpha value is -2.24. The van der Waals surface area contributed by atoms with Gasteiger partial charge in [-0.15, -0.1) is 0 Å². The Balaban J connectivity index is 2.62. The summed E-state index contributed by atoms with van der Waals surface area (Å²) in [4.78, 5) is 25.8. The maximum absolute atomic E-state index is 11.5. The zero-order chi connectivity index (χ0) is 14.4. The van der Waals surface area contributed by atoms with Crippen LogP contribution >= 0.6 is 0 Å². The second kappa shape index (κ2) is 6.63. The Morgan fingerprint density at radius 1 is 1.16 bits per heavy atom. The minimum atomic E-state index is -0.221. The first-order valence-corrected chi connectivity index (χ1v) is 5.81. The molecule has 6 heteroatoms. The van der Waals surface area contributed by atoms with Crippen LogP contribution in [-0.2, 0) is 4.79 Å². The quantitative estimate of drug-likeness (QED) is 0.891. The number of anilines is 1. The summed E-state index contributed by atoms with van der Waals surface area (Å²) >= 11 is 0. The van der Waals surface area contributed by atoms with Crippen molar-refractivity contribution in [1.82, 2.24) is 9.80 Å². The Bertz CT molecular complexity index is 458. The highest BCUT2D eigenvalue weighted by Crippen LogP contribution is 2.17. The van der Waals surface area contributed by atoms with Gasteiger partial charge in [-0.05, 0) is 12.1 Å². The monoisotopic (exact) mass is 265 g/mol. The van der Waals surface area contributed by atoms with Crippen LogP contribution in [0.3, 0.4) is 0 Å². The number of nitrogens with zero attached hydrogens (tertiary/aromatic N) is 2. The molecule has 6 nitrogen and oxygen atoms in total. The first-order valence-electron chi connectivity index (χ1n) is 5.81. The van der Waals surface area contributed by atoms with Crippen molar-refractivity contribution in [3.8, 4) is 5.75 Å². The average molecular weight is 265 g/mol. The van der Waals surface area contributed by atoms with E-state index in [1.807, 2.05) is 0 Å². The van der Waals surface area contributed by atoms with Crippen molar-refractivity contribution in [1.29, 1.82) is 0 Å². The summed E-state index contributed by atoms with van der Waals surface area (Å²) in [5, 5.41) is 2.70. The number of nitrogens with one attached hydrogen (secondary N) is 1. The number of rotatable bonds is 4. The fourth-order valence-electron chi connectivity index (χ4n) is 1.17. The van der Waals surface area contributed by atoms with E-state index in [1.54, 1.807) is 52.5 Å². The molecule has 0 aliphatic carbocycles. The molecule has 0 atom stereocenters. The smallest absolute Gasteiger partial charge is 0.321 e. The lowest BCUT2D eigenvalue weighted by Gasteiger charge is -2.14. The summed E-state index contributed by atoms with van der Waals surface area (Å²) in [6, 6.07) is 6.68. The van der Waals surface area contributed by atoms with Crippen molar-refractivity contribution in [3.05, 3.63) is 24.3 Å². The van der Waals surface area contributed by atoms with Gasteiger partial charge in [0.2, 0.25) is 0 Å². The van der Waals surface area contributed by atoms with Crippen LogP contribution in [0.15, 0.2) is 24.3 Å². The van der Waals surface area contributed by atoms with Gasteiger partial charge in [0.1, 0.15) is 5.75 Å². The zero-order valence-electron chi connectivity index (χ0n) is 11.6. The van der Waals surface area contributed by atoms with Crippen LogP contribution in [0.5, 0.6) is 5.75 Å². The van der Waals surface area contributed by atoms with Gasteiger partial charge < -0.3 is 19.9 Å². The van der Waals surface area contributed by atoms with E-state index < -0.39 is 0 Å². The SMILES string of the molecule is CN(C)C(=O)COc1cccc(NC(=O)N(C)C)c1. The Labute approximate surface area is 112 Å². The van der Waals surface area contributed by atoms with E-state index in [1.165, 1.54) is 9.80 Å². The van der Waals surface area contributed by atoms with Crippen molar-refractivity contribution in [3.63, 3.8) is 0 Å². The summed E-state index contributed by atoms with van der Waals surface area (Å²) in [6.07, 6.45) is 0. The molecule has 0 bridgehead atoms. The molecule has 0 saturated carbocycles. The third kappa shape index (κ3) is 4.87. The summed E-state index contributed by atoms with van der Waals surface area (Å²) in [6.45, 7) is -0.0297. The number of carbonyl (C=O) groups is 2. The maximum atomic E-state index is 11.5. The normalized spacial score (nSPS) is 9.68. The average Bonchev–Trinajstić information content (AvgIpc) is 2.36. The summed E-state index contributed by atoms with van der Waals surface area (Å²) < 4.78 is 5.36. The molecule has 0 unspecified atom stereocenters. The molecule has 0 heterocycles. The van der Waals surface area contributed by atoms with Crippen LogP contribution in [0.1, 0.15) is 0 Å². The van der Waals surface area contributed by atoms with E-state index in [-0.39, 0.29) is 18.5 Å². The molecule has 0 aliphatic heterocycles. The van der Waals surface area contributed by atoms with Crippen LogP contribution in [0.2, 0.25) is 0 Å². The van der Waals surface area contributed by atoms with Gasteiger partial charge in [0.25, 0.3) is 5.91 Å². The number of carbonyl (C=O) groups excluding carboxylic acids is 2. The molecule has 0 aromatic heterocycles. The maximum Gasteiger partial charge on any atom is 0.321 e. The second-order valence-corrected chi connectivity index (χ2v) is 4.43. The first-order chi connectivity index (χ1) is 8.90. The van der Waals surface area contributed by atoms with Crippen molar-refractivity contribution in [2.75, 3.05) is 40.1 Å². The summed E-state index contributed by atoms with van der Waals surface area (Å²) in [5.41, 5.74) is 0.619. The standard InChI is InChI=1S/C13H19N3O3/c1-15(2)12(17)9-19-11-7-5-6-10(8-11)14-13(18)16(3)4/h5-8H,9H2,1-4H3,(H,14,18). The molecular weight excluding hydrogens is 246 g/mol. The summed E-state index contributed by atoms with van der Waals surface area (Å²) in [5.74, 6) is 0.412. The molecule has 1 aromatic rings. The molecule has 0 aliphatic rings. The first kappa shape index (κ1) is 14.8. The molecule has 0 fully saturated rings. The van der Waals surface area contributed by atoms with Crippen LogP contribution in [0.4, 0.5) is 10.5 Å². The molecule has 1 aromatic carbocycles. The predicted octanol–water partition coefficient (Wildman–Crippen LogP) is 1.25. The van der Waals surface area contributed by atoms with E-state index in [2.05, 4.69) is 5.32 Å². The fraction of sp³-hybridized carbons (Fsp3) is 0.385. The molecular formula is C13H19N3O3. The largest absolute Gasteiger partial charge is 0.484 e. The minimum Gasteiger partial charge on any atom is -0.484 e. The third-order valence-electron chi connectivity index (χ3n) is 2.35. The number of hydrogen-bond donors (Lipinski definition) is 1. The zero-order valence-corrected chi connectivity index (χ0v) is 11.6. The van der Waals surface area contributed by atoms with Crippen molar-refractivity contribution < 1.29 is 14.3 Å². The molecule has 0 saturated heterocycles. The third-order valence-corrected chi connectivity index (χ3v) is 2.35. The van der Waals surface area contributed by atoms with Crippen LogP contribution in [0, 0.1) is 0 Å². The van der Waals surface area contributed by atoms with Crippen LogP contribution < -0.4 is 10.1 Å². The second-order valence-electron chi connectivity index (χ2n) is 4.43. The molecule has 1 N–H and O–H groups in total. The van der Waals surface area contributed by atoms with Gasteiger partial charge in [-0.3, -0.25) is 4.79 Å². The molecule has 0 spiro atoms. The minimum absolute atomic E-state index is 0.0297. The lowest BCUT2D eigenvalue weighted by atomic mass is 10.3. The number of benzene rings is 1. The van der Waals surface area contributed by atoms with E-state index >= 15 is 0 Å². The van der Waals surface area contributed by atoms with Gasteiger partial charge in [0.05, 0.1) is 0 Å². The van der Waals surface area contributed by atoms with Gasteiger partial charge in [0, 0.05) is 39.9 Å². The van der Waals surface area contributed by atoms with Gasteiger partial charge in [-0.2, -0.15) is 0 Å². The number of likely N-dealkylation sites (N-methyl/N-ethyl adjacent to an activating group) is 1. The number of amides is 3. The Kier molecular flexibility index (Phi) is 5.17. The predicted molar refractivity (Wildman–Crippen MR) is 73.3 cm³/mol. The van der Waals surface area contributed by atoms with Gasteiger partial charge in [0.15, 0.2) is 6.61 Å². The van der Waals surface area contributed by atoms with Crippen molar-refractivity contribution in [2.24, 2.45) is 0 Å². The van der Waals surface area contributed by atoms with Gasteiger partial charge in [-0.25, -0.2) is 4.79 Å². The van der Waals surface area contributed by atoms with Gasteiger partial charge in [-0.1, -0.05) is 6.07 Å². The Morgan fingerprint density at radius 2 is 1.84 bits per heavy atom. The number of urea groups is 1.